The van der Waals surface area contributed by atoms with E-state index in [1.807, 2.05) is 38.1 Å². The minimum absolute atomic E-state index is 0.0565. The maximum absolute atomic E-state index is 13.7. The van der Waals surface area contributed by atoms with Crippen LogP contribution in [0.1, 0.15) is 24.1 Å². The van der Waals surface area contributed by atoms with E-state index >= 15 is 0 Å². The van der Waals surface area contributed by atoms with Gasteiger partial charge in [-0.15, -0.1) is 0 Å². The monoisotopic (exact) mass is 245 g/mol. The molecule has 0 aliphatic carbocycles. The number of benzene rings is 2. The Morgan fingerprint density at radius 1 is 1.17 bits per heavy atom. The molecule has 18 heavy (non-hydrogen) atoms. The third-order valence-electron chi connectivity index (χ3n) is 2.85. The van der Waals surface area contributed by atoms with Crippen molar-refractivity contribution >= 4 is 5.69 Å². The van der Waals surface area contributed by atoms with Crippen LogP contribution in [0.5, 0.6) is 5.75 Å². The van der Waals surface area contributed by atoms with Gasteiger partial charge >= 0.3 is 0 Å². The van der Waals surface area contributed by atoms with Crippen LogP contribution in [0.4, 0.5) is 10.1 Å². The molecule has 2 N–H and O–H groups in total. The number of aryl methyl sites for hydroxylation is 1. The van der Waals surface area contributed by atoms with Crippen molar-refractivity contribution in [3.8, 4) is 5.75 Å². The van der Waals surface area contributed by atoms with E-state index in [4.69, 9.17) is 0 Å². The van der Waals surface area contributed by atoms with Crippen molar-refractivity contribution in [2.24, 2.45) is 0 Å². The zero-order chi connectivity index (χ0) is 13.1. The van der Waals surface area contributed by atoms with Gasteiger partial charge in [-0.1, -0.05) is 18.2 Å². The second kappa shape index (κ2) is 5.08. The van der Waals surface area contributed by atoms with Crippen molar-refractivity contribution in [3.63, 3.8) is 0 Å². The highest BCUT2D eigenvalue weighted by molar-refractivity contribution is 5.47. The van der Waals surface area contributed by atoms with Gasteiger partial charge < -0.3 is 10.4 Å². The van der Waals surface area contributed by atoms with Crippen LogP contribution in [0.25, 0.3) is 0 Å². The van der Waals surface area contributed by atoms with Crippen molar-refractivity contribution in [1.29, 1.82) is 0 Å². The summed E-state index contributed by atoms with van der Waals surface area (Å²) < 4.78 is 13.7. The van der Waals surface area contributed by atoms with Gasteiger partial charge in [-0.2, -0.15) is 0 Å². The van der Waals surface area contributed by atoms with Gasteiger partial charge in [0.15, 0.2) is 0 Å². The van der Waals surface area contributed by atoms with Crippen LogP contribution in [0.2, 0.25) is 0 Å². The minimum atomic E-state index is -0.400. The summed E-state index contributed by atoms with van der Waals surface area (Å²) in [4.78, 5) is 0. The number of hydrogen-bond acceptors (Lipinski definition) is 2. The topological polar surface area (TPSA) is 32.3 Å². The summed E-state index contributed by atoms with van der Waals surface area (Å²) in [5, 5.41) is 12.4. The van der Waals surface area contributed by atoms with E-state index in [-0.39, 0.29) is 11.8 Å². The van der Waals surface area contributed by atoms with Crippen molar-refractivity contribution in [2.45, 2.75) is 19.9 Å². The Morgan fingerprint density at radius 2 is 1.94 bits per heavy atom. The third kappa shape index (κ3) is 2.80. The first-order chi connectivity index (χ1) is 8.56. The van der Waals surface area contributed by atoms with E-state index in [9.17, 15) is 9.50 Å². The molecular weight excluding hydrogens is 229 g/mol. The minimum Gasteiger partial charge on any atom is -0.508 e. The molecule has 0 saturated carbocycles. The fraction of sp³-hybridized carbons (Fsp3) is 0.200. The molecular formula is C15H16FNO. The van der Waals surface area contributed by atoms with Gasteiger partial charge in [-0.05, 0) is 37.6 Å². The number of hydrogen-bond donors (Lipinski definition) is 2. The Labute approximate surface area is 106 Å². The van der Waals surface area contributed by atoms with Crippen molar-refractivity contribution in [2.75, 3.05) is 5.32 Å². The van der Waals surface area contributed by atoms with E-state index in [1.54, 1.807) is 6.07 Å². The van der Waals surface area contributed by atoms with E-state index < -0.39 is 5.82 Å². The second-order valence-electron chi connectivity index (χ2n) is 4.44. The van der Waals surface area contributed by atoms with Crippen molar-refractivity contribution in [3.05, 3.63) is 59.4 Å². The molecule has 2 rings (SSSR count). The first-order valence-corrected chi connectivity index (χ1v) is 5.88. The highest BCUT2D eigenvalue weighted by Crippen LogP contribution is 2.24. The van der Waals surface area contributed by atoms with Crippen LogP contribution >= 0.6 is 0 Å². The molecule has 0 radical (unpaired) electrons. The standard InChI is InChI=1S/C15H16FNO/c1-10-4-3-5-12(8-10)17-11(2)14-7-6-13(18)9-15(14)16/h3-9,11,17-18H,1-2H3. The molecule has 94 valence electrons. The summed E-state index contributed by atoms with van der Waals surface area (Å²) in [5.74, 6) is -0.457. The Morgan fingerprint density at radius 3 is 2.61 bits per heavy atom. The van der Waals surface area contributed by atoms with Crippen LogP contribution in [0.3, 0.4) is 0 Å². The zero-order valence-corrected chi connectivity index (χ0v) is 10.4. The summed E-state index contributed by atoms with van der Waals surface area (Å²) in [6.07, 6.45) is 0. The molecule has 1 atom stereocenters. The number of nitrogens with one attached hydrogen (secondary N) is 1. The maximum atomic E-state index is 13.7. The Balaban J connectivity index is 2.19. The second-order valence-corrected chi connectivity index (χ2v) is 4.44. The number of aromatic hydroxyl groups is 1. The lowest BCUT2D eigenvalue weighted by molar-refractivity contribution is 0.467. The SMILES string of the molecule is Cc1cccc(NC(C)c2ccc(O)cc2F)c1. The van der Waals surface area contributed by atoms with E-state index in [1.165, 1.54) is 6.07 Å². The molecule has 0 fully saturated rings. The molecule has 3 heteroatoms. The smallest absolute Gasteiger partial charge is 0.132 e. The molecule has 0 aromatic heterocycles. The quantitative estimate of drug-likeness (QED) is 0.856. The summed E-state index contributed by atoms with van der Waals surface area (Å²) in [5.41, 5.74) is 2.64. The van der Waals surface area contributed by atoms with Gasteiger partial charge in [-0.3, -0.25) is 0 Å². The van der Waals surface area contributed by atoms with Crippen molar-refractivity contribution in [1.82, 2.24) is 0 Å². The summed E-state index contributed by atoms with van der Waals surface area (Å²) in [7, 11) is 0. The fourth-order valence-corrected chi connectivity index (χ4v) is 1.93. The highest BCUT2D eigenvalue weighted by Gasteiger charge is 2.11. The fourth-order valence-electron chi connectivity index (χ4n) is 1.93. The number of phenolic OH excluding ortho intramolecular Hbond substituents is 1. The largest absolute Gasteiger partial charge is 0.508 e. The lowest BCUT2D eigenvalue weighted by Gasteiger charge is -2.16. The van der Waals surface area contributed by atoms with Crippen molar-refractivity contribution < 1.29 is 9.50 Å². The first-order valence-electron chi connectivity index (χ1n) is 5.88. The van der Waals surface area contributed by atoms with Gasteiger partial charge in [0.05, 0.1) is 6.04 Å². The van der Waals surface area contributed by atoms with Crippen LogP contribution < -0.4 is 5.32 Å². The first kappa shape index (κ1) is 12.4. The maximum Gasteiger partial charge on any atom is 0.132 e. The van der Waals surface area contributed by atoms with Gasteiger partial charge in [0.2, 0.25) is 0 Å². The summed E-state index contributed by atoms with van der Waals surface area (Å²) in [6.45, 7) is 3.90. The zero-order valence-electron chi connectivity index (χ0n) is 10.4. The average molecular weight is 245 g/mol. The van der Waals surface area contributed by atoms with Gasteiger partial charge in [-0.25, -0.2) is 4.39 Å². The number of anilines is 1. The lowest BCUT2D eigenvalue weighted by atomic mass is 10.1. The number of phenols is 1. The van der Waals surface area contributed by atoms with E-state index in [0.29, 0.717) is 5.56 Å². The average Bonchev–Trinajstić information content (AvgIpc) is 2.28. The molecule has 0 aliphatic rings. The molecule has 2 nitrogen and oxygen atoms in total. The molecule has 0 saturated heterocycles. The Bertz CT molecular complexity index is 554. The lowest BCUT2D eigenvalue weighted by Crippen LogP contribution is -2.08. The molecule has 1 unspecified atom stereocenters. The third-order valence-corrected chi connectivity index (χ3v) is 2.85. The molecule has 0 amide bonds. The Hall–Kier alpha value is -2.03. The van der Waals surface area contributed by atoms with Gasteiger partial charge in [0.1, 0.15) is 11.6 Å². The van der Waals surface area contributed by atoms with Crippen LogP contribution in [0, 0.1) is 12.7 Å². The van der Waals surface area contributed by atoms with Crippen LogP contribution in [-0.4, -0.2) is 5.11 Å². The van der Waals surface area contributed by atoms with Crippen LogP contribution in [0.15, 0.2) is 42.5 Å². The summed E-state index contributed by atoms with van der Waals surface area (Å²) >= 11 is 0. The van der Waals surface area contributed by atoms with Crippen LogP contribution in [-0.2, 0) is 0 Å². The van der Waals surface area contributed by atoms with E-state index in [2.05, 4.69) is 5.32 Å². The molecule has 0 aliphatic heterocycles. The summed E-state index contributed by atoms with van der Waals surface area (Å²) in [6, 6.07) is 12.0. The molecule has 0 heterocycles. The molecule has 2 aromatic carbocycles. The van der Waals surface area contributed by atoms with Gasteiger partial charge in [0, 0.05) is 17.3 Å². The Kier molecular flexibility index (Phi) is 3.51. The number of rotatable bonds is 3. The highest BCUT2D eigenvalue weighted by atomic mass is 19.1. The predicted molar refractivity (Wildman–Crippen MR) is 71.3 cm³/mol. The normalized spacial score (nSPS) is 12.2. The van der Waals surface area contributed by atoms with Gasteiger partial charge in [0.25, 0.3) is 0 Å². The molecule has 2 aromatic rings. The molecule has 0 spiro atoms. The molecule has 0 bridgehead atoms. The van der Waals surface area contributed by atoms with E-state index in [0.717, 1.165) is 17.3 Å². The predicted octanol–water partition coefficient (Wildman–Crippen LogP) is 4.01. The number of halogens is 1.